The molecule has 0 spiro atoms. The van der Waals surface area contributed by atoms with Crippen molar-refractivity contribution in [3.63, 3.8) is 0 Å². The first-order valence-corrected chi connectivity index (χ1v) is 6.79. The summed E-state index contributed by atoms with van der Waals surface area (Å²) in [4.78, 5) is 2.44. The lowest BCUT2D eigenvalue weighted by Crippen LogP contribution is -2.39. The Morgan fingerprint density at radius 2 is 2.18 bits per heavy atom. The first-order chi connectivity index (χ1) is 8.13. The normalized spacial score (nSPS) is 26.8. The molecular formula is C14H25N3. The second-order valence-corrected chi connectivity index (χ2v) is 5.62. The zero-order valence-electron chi connectivity index (χ0n) is 11.1. The molecule has 3 nitrogen and oxygen atoms in total. The molecule has 96 valence electrons. The van der Waals surface area contributed by atoms with E-state index >= 15 is 0 Å². The lowest BCUT2D eigenvalue weighted by atomic mass is 9.86. The van der Waals surface area contributed by atoms with E-state index in [1.807, 2.05) is 7.05 Å². The summed E-state index contributed by atoms with van der Waals surface area (Å²) in [5.41, 5.74) is 1.54. The van der Waals surface area contributed by atoms with Gasteiger partial charge in [0, 0.05) is 24.7 Å². The predicted octanol–water partition coefficient (Wildman–Crippen LogP) is 2.25. The fraction of sp³-hybridized carbons (Fsp3) is 0.786. The zero-order chi connectivity index (χ0) is 12.4. The van der Waals surface area contributed by atoms with Crippen LogP contribution in [0, 0.1) is 17.2 Å². The SMILES string of the molecule is C=C(NC)C(=N)C(CC1CC1)C1CCCN1C. The monoisotopic (exact) mass is 235 g/mol. The highest BCUT2D eigenvalue weighted by Crippen LogP contribution is 2.39. The minimum atomic E-state index is 0.384. The van der Waals surface area contributed by atoms with Crippen molar-refractivity contribution in [1.82, 2.24) is 10.2 Å². The molecule has 0 aromatic carbocycles. The number of allylic oxidation sites excluding steroid dienone is 1. The Labute approximate surface area is 105 Å². The molecule has 17 heavy (non-hydrogen) atoms. The van der Waals surface area contributed by atoms with Crippen molar-refractivity contribution in [3.05, 3.63) is 12.3 Å². The standard InChI is InChI=1S/C14H25N3/c1-10(16-2)14(15)12(9-11-6-7-11)13-5-4-8-17(13)3/h11-13,15-16H,1,4-9H2,2-3H3. The topological polar surface area (TPSA) is 39.1 Å². The van der Waals surface area contributed by atoms with Crippen molar-refractivity contribution in [1.29, 1.82) is 5.41 Å². The van der Waals surface area contributed by atoms with Gasteiger partial charge in [0.25, 0.3) is 0 Å². The van der Waals surface area contributed by atoms with E-state index < -0.39 is 0 Å². The average molecular weight is 235 g/mol. The third-order valence-corrected chi connectivity index (χ3v) is 4.32. The number of hydrogen-bond acceptors (Lipinski definition) is 3. The first-order valence-electron chi connectivity index (χ1n) is 6.79. The van der Waals surface area contributed by atoms with Crippen LogP contribution in [0.5, 0.6) is 0 Å². The smallest absolute Gasteiger partial charge is 0.0585 e. The van der Waals surface area contributed by atoms with Crippen molar-refractivity contribution >= 4 is 5.71 Å². The lowest BCUT2D eigenvalue weighted by Gasteiger charge is -2.30. The van der Waals surface area contributed by atoms with Gasteiger partial charge in [-0.3, -0.25) is 0 Å². The Kier molecular flexibility index (Phi) is 3.87. The highest BCUT2D eigenvalue weighted by atomic mass is 15.2. The summed E-state index contributed by atoms with van der Waals surface area (Å²) < 4.78 is 0. The molecule has 2 atom stereocenters. The second kappa shape index (κ2) is 5.21. The summed E-state index contributed by atoms with van der Waals surface area (Å²) in [6, 6.07) is 0.563. The Bertz CT molecular complexity index is 307. The van der Waals surface area contributed by atoms with E-state index in [4.69, 9.17) is 5.41 Å². The number of nitrogens with one attached hydrogen (secondary N) is 2. The molecule has 1 heterocycles. The molecule has 0 aromatic rings. The molecule has 3 heteroatoms. The number of rotatable bonds is 6. The van der Waals surface area contributed by atoms with Gasteiger partial charge >= 0.3 is 0 Å². The fourth-order valence-corrected chi connectivity index (χ4v) is 2.98. The van der Waals surface area contributed by atoms with Gasteiger partial charge in [-0.15, -0.1) is 0 Å². The molecular weight excluding hydrogens is 210 g/mol. The molecule has 2 unspecified atom stereocenters. The van der Waals surface area contributed by atoms with Gasteiger partial charge < -0.3 is 15.6 Å². The Balaban J connectivity index is 2.05. The van der Waals surface area contributed by atoms with E-state index in [1.165, 1.54) is 38.6 Å². The lowest BCUT2D eigenvalue weighted by molar-refractivity contribution is 0.253. The van der Waals surface area contributed by atoms with Gasteiger partial charge in [-0.25, -0.2) is 0 Å². The third kappa shape index (κ3) is 2.89. The van der Waals surface area contributed by atoms with Crippen LogP contribution in [0.4, 0.5) is 0 Å². The Morgan fingerprint density at radius 3 is 2.65 bits per heavy atom. The molecule has 2 rings (SSSR count). The number of nitrogens with zero attached hydrogens (tertiary/aromatic N) is 1. The van der Waals surface area contributed by atoms with Gasteiger partial charge in [0.2, 0.25) is 0 Å². The van der Waals surface area contributed by atoms with Crippen molar-refractivity contribution in [2.45, 2.75) is 38.1 Å². The largest absolute Gasteiger partial charge is 0.387 e. The molecule has 0 amide bonds. The van der Waals surface area contributed by atoms with E-state index in [0.717, 1.165) is 17.3 Å². The van der Waals surface area contributed by atoms with Crippen LogP contribution in [-0.2, 0) is 0 Å². The third-order valence-electron chi connectivity index (χ3n) is 4.32. The van der Waals surface area contributed by atoms with Gasteiger partial charge in [-0.1, -0.05) is 19.4 Å². The molecule has 0 bridgehead atoms. The van der Waals surface area contributed by atoms with Crippen molar-refractivity contribution in [3.8, 4) is 0 Å². The van der Waals surface area contributed by atoms with Crippen LogP contribution in [0.2, 0.25) is 0 Å². The number of hydrogen-bond donors (Lipinski definition) is 2. The van der Waals surface area contributed by atoms with Crippen molar-refractivity contribution in [2.24, 2.45) is 11.8 Å². The molecule has 2 N–H and O–H groups in total. The summed E-state index contributed by atoms with van der Waals surface area (Å²) in [5.74, 6) is 1.26. The van der Waals surface area contributed by atoms with Crippen LogP contribution in [0.25, 0.3) is 0 Å². The first kappa shape index (κ1) is 12.6. The molecule has 0 radical (unpaired) electrons. The van der Waals surface area contributed by atoms with Gasteiger partial charge in [-0.2, -0.15) is 0 Å². The van der Waals surface area contributed by atoms with E-state index in [0.29, 0.717) is 12.0 Å². The van der Waals surface area contributed by atoms with Gasteiger partial charge in [0.15, 0.2) is 0 Å². The summed E-state index contributed by atoms with van der Waals surface area (Å²) in [6.45, 7) is 5.15. The van der Waals surface area contributed by atoms with Crippen LogP contribution in [0.3, 0.4) is 0 Å². The summed E-state index contributed by atoms with van der Waals surface area (Å²) in [7, 11) is 4.07. The average Bonchev–Trinajstić information content (AvgIpc) is 3.06. The molecule has 1 saturated heterocycles. The van der Waals surface area contributed by atoms with E-state index in [1.54, 1.807) is 0 Å². The Morgan fingerprint density at radius 1 is 1.47 bits per heavy atom. The van der Waals surface area contributed by atoms with Gasteiger partial charge in [-0.05, 0) is 38.8 Å². The van der Waals surface area contributed by atoms with Crippen molar-refractivity contribution in [2.75, 3.05) is 20.6 Å². The van der Waals surface area contributed by atoms with Crippen LogP contribution in [-0.4, -0.2) is 37.3 Å². The molecule has 2 aliphatic rings. The second-order valence-electron chi connectivity index (χ2n) is 5.62. The minimum absolute atomic E-state index is 0.384. The molecule has 1 aliphatic heterocycles. The summed E-state index contributed by atoms with van der Waals surface area (Å²) >= 11 is 0. The van der Waals surface area contributed by atoms with E-state index in [-0.39, 0.29) is 0 Å². The Hall–Kier alpha value is -0.830. The van der Waals surface area contributed by atoms with Gasteiger partial charge in [0.1, 0.15) is 0 Å². The highest BCUT2D eigenvalue weighted by Gasteiger charge is 2.36. The highest BCUT2D eigenvalue weighted by molar-refractivity contribution is 5.98. The maximum atomic E-state index is 8.34. The van der Waals surface area contributed by atoms with Crippen LogP contribution < -0.4 is 5.32 Å². The maximum absolute atomic E-state index is 8.34. The van der Waals surface area contributed by atoms with Crippen molar-refractivity contribution < 1.29 is 0 Å². The quantitative estimate of drug-likeness (QED) is 0.693. The fourth-order valence-electron chi connectivity index (χ4n) is 2.98. The van der Waals surface area contributed by atoms with Crippen LogP contribution in [0.15, 0.2) is 12.3 Å². The predicted molar refractivity (Wildman–Crippen MR) is 72.4 cm³/mol. The minimum Gasteiger partial charge on any atom is -0.387 e. The number of likely N-dealkylation sites (tertiary alicyclic amines) is 1. The molecule has 1 saturated carbocycles. The molecule has 0 aromatic heterocycles. The summed E-state index contributed by atoms with van der Waals surface area (Å²) in [6.07, 6.45) is 6.45. The van der Waals surface area contributed by atoms with Gasteiger partial charge in [0.05, 0.1) is 5.71 Å². The molecule has 2 fully saturated rings. The zero-order valence-corrected chi connectivity index (χ0v) is 11.1. The van der Waals surface area contributed by atoms with E-state index in [9.17, 15) is 0 Å². The van der Waals surface area contributed by atoms with E-state index in [2.05, 4.69) is 23.8 Å². The maximum Gasteiger partial charge on any atom is 0.0585 e. The summed E-state index contributed by atoms with van der Waals surface area (Å²) in [5, 5.41) is 11.4. The van der Waals surface area contributed by atoms with Crippen LogP contribution >= 0.6 is 0 Å². The van der Waals surface area contributed by atoms with Crippen LogP contribution in [0.1, 0.15) is 32.1 Å². The molecule has 1 aliphatic carbocycles.